The van der Waals surface area contributed by atoms with Gasteiger partial charge in [-0.2, -0.15) is 0 Å². The summed E-state index contributed by atoms with van der Waals surface area (Å²) in [6.07, 6.45) is 0.383. The van der Waals surface area contributed by atoms with Crippen LogP contribution in [-0.4, -0.2) is 74.2 Å². The van der Waals surface area contributed by atoms with Gasteiger partial charge in [-0.25, -0.2) is 9.59 Å². The van der Waals surface area contributed by atoms with Crippen LogP contribution in [0.2, 0.25) is 0 Å². The lowest BCUT2D eigenvalue weighted by Crippen LogP contribution is -2.63. The number of aliphatic carboxylic acids is 1. The van der Waals surface area contributed by atoms with Crippen LogP contribution in [0.3, 0.4) is 0 Å². The Balaban J connectivity index is 1.89. The summed E-state index contributed by atoms with van der Waals surface area (Å²) >= 11 is 1.26. The highest BCUT2D eigenvalue weighted by Gasteiger charge is 2.60. The Morgan fingerprint density at radius 1 is 1.43 bits per heavy atom. The molecule has 28 heavy (non-hydrogen) atoms. The van der Waals surface area contributed by atoms with Crippen molar-refractivity contribution in [2.45, 2.75) is 57.1 Å². The molecule has 0 spiro atoms. The van der Waals surface area contributed by atoms with Crippen LogP contribution < -0.4 is 5.32 Å². The quantitative estimate of drug-likeness (QED) is 0.501. The molecule has 6 atom stereocenters. The van der Waals surface area contributed by atoms with E-state index in [1.165, 1.54) is 35.5 Å². The summed E-state index contributed by atoms with van der Waals surface area (Å²) in [4.78, 5) is 39.7. The molecule has 10 heteroatoms. The third-order valence-electron chi connectivity index (χ3n) is 5.90. The van der Waals surface area contributed by atoms with E-state index in [4.69, 9.17) is 5.41 Å². The molecule has 0 aliphatic carbocycles. The molecule has 0 aromatic carbocycles. The van der Waals surface area contributed by atoms with Crippen molar-refractivity contribution in [2.24, 2.45) is 11.8 Å². The number of carbonyl (C=O) groups is 3. The van der Waals surface area contributed by atoms with E-state index in [0.717, 1.165) is 0 Å². The summed E-state index contributed by atoms with van der Waals surface area (Å²) in [5.41, 5.74) is -0.0522. The second-order valence-electron chi connectivity index (χ2n) is 7.49. The highest BCUT2D eigenvalue weighted by Crippen LogP contribution is 2.52. The maximum absolute atomic E-state index is 12.4. The van der Waals surface area contributed by atoms with E-state index in [2.05, 4.69) is 5.32 Å². The predicted molar refractivity (Wildman–Crippen MR) is 104 cm³/mol. The Kier molecular flexibility index (Phi) is 5.46. The van der Waals surface area contributed by atoms with Crippen LogP contribution in [0, 0.1) is 17.2 Å². The summed E-state index contributed by atoms with van der Waals surface area (Å²) in [6.45, 7) is 5.33. The van der Waals surface area contributed by atoms with Crippen molar-refractivity contribution in [2.75, 3.05) is 7.05 Å². The first-order valence-electron chi connectivity index (χ1n) is 9.40. The molecule has 3 amide bonds. The van der Waals surface area contributed by atoms with Gasteiger partial charge in [-0.3, -0.25) is 15.1 Å². The Hall–Kier alpha value is -2.07. The molecule has 0 aromatic rings. The Morgan fingerprint density at radius 3 is 2.57 bits per heavy atom. The van der Waals surface area contributed by atoms with Crippen molar-refractivity contribution in [1.29, 1.82) is 5.41 Å². The number of carboxylic acids is 1. The maximum atomic E-state index is 12.4. The minimum absolute atomic E-state index is 0.0522. The molecule has 2 saturated heterocycles. The predicted octanol–water partition coefficient (Wildman–Crippen LogP) is 1.04. The lowest BCUT2D eigenvalue weighted by atomic mass is 9.79. The first kappa shape index (κ1) is 20.7. The number of carbonyl (C=O) groups excluding carboxylic acids is 2. The van der Waals surface area contributed by atoms with E-state index >= 15 is 0 Å². The fourth-order valence-electron chi connectivity index (χ4n) is 4.50. The number of carboxylic acid groups (broad SMARTS) is 1. The summed E-state index contributed by atoms with van der Waals surface area (Å²) in [5, 5.41) is 30.3. The van der Waals surface area contributed by atoms with Crippen LogP contribution in [-0.2, 0) is 9.59 Å². The number of β-lactam (4-membered cyclic amide) rings is 1. The average molecular weight is 410 g/mol. The van der Waals surface area contributed by atoms with Crippen molar-refractivity contribution < 1.29 is 24.6 Å². The molecule has 3 rings (SSSR count). The highest BCUT2D eigenvalue weighted by molar-refractivity contribution is 8.04. The van der Waals surface area contributed by atoms with E-state index in [1.54, 1.807) is 0 Å². The number of hydrogen-bond donors (Lipinski definition) is 4. The fraction of sp³-hybridized carbons (Fsp3) is 0.667. The summed E-state index contributed by atoms with van der Waals surface area (Å²) in [6, 6.07) is -0.854. The van der Waals surface area contributed by atoms with Crippen molar-refractivity contribution in [3.8, 4) is 0 Å². The second-order valence-corrected chi connectivity index (χ2v) is 8.73. The monoisotopic (exact) mass is 410 g/mol. The lowest BCUT2D eigenvalue weighted by molar-refractivity contribution is -0.163. The van der Waals surface area contributed by atoms with Crippen molar-refractivity contribution in [3.63, 3.8) is 0 Å². The van der Waals surface area contributed by atoms with E-state index in [1.807, 2.05) is 13.8 Å². The topological polar surface area (TPSA) is 134 Å². The molecule has 1 unspecified atom stereocenters. The zero-order valence-corrected chi connectivity index (χ0v) is 17.1. The largest absolute Gasteiger partial charge is 0.477 e. The van der Waals surface area contributed by atoms with Crippen LogP contribution in [0.1, 0.15) is 33.6 Å². The number of fused-ring (bicyclic) bond motifs is 1. The molecule has 4 N–H and O–H groups in total. The minimum atomic E-state index is -1.19. The van der Waals surface area contributed by atoms with Gasteiger partial charge in [0.1, 0.15) is 11.5 Å². The molecule has 3 heterocycles. The fourth-order valence-corrected chi connectivity index (χ4v) is 6.00. The van der Waals surface area contributed by atoms with Crippen LogP contribution in [0.15, 0.2) is 10.6 Å². The number of nitrogens with zero attached hydrogens (tertiary/aromatic N) is 2. The molecule has 2 fully saturated rings. The molecule has 3 aliphatic heterocycles. The summed E-state index contributed by atoms with van der Waals surface area (Å²) < 4.78 is 0. The van der Waals surface area contributed by atoms with E-state index in [0.29, 0.717) is 17.7 Å². The second kappa shape index (κ2) is 7.40. The van der Waals surface area contributed by atoms with Crippen LogP contribution in [0.4, 0.5) is 4.79 Å². The SMILES string of the molecule is CC[C@H]1CC(SC2=C(C(=O)O)N3C(=O)[C@H]([C@@H](C)O)[C@H]3[C@H]2C)C(=N)N1C(=O)NC. The number of aliphatic hydroxyl groups is 1. The van der Waals surface area contributed by atoms with Crippen LogP contribution in [0.25, 0.3) is 0 Å². The smallest absolute Gasteiger partial charge is 0.353 e. The molecule has 0 saturated carbocycles. The van der Waals surface area contributed by atoms with Gasteiger partial charge in [-0.1, -0.05) is 13.8 Å². The Labute approximate surface area is 167 Å². The molecule has 0 bridgehead atoms. The third kappa shape index (κ3) is 2.89. The number of amides is 3. The number of aliphatic hydroxyl groups excluding tert-OH is 1. The zero-order valence-electron chi connectivity index (χ0n) is 16.3. The van der Waals surface area contributed by atoms with Gasteiger partial charge in [0.2, 0.25) is 5.91 Å². The van der Waals surface area contributed by atoms with Gasteiger partial charge < -0.3 is 20.4 Å². The summed E-state index contributed by atoms with van der Waals surface area (Å²) in [5.74, 6) is -2.28. The Morgan fingerprint density at radius 2 is 2.07 bits per heavy atom. The van der Waals surface area contributed by atoms with Gasteiger partial charge in [0, 0.05) is 23.9 Å². The van der Waals surface area contributed by atoms with Gasteiger partial charge in [0.25, 0.3) is 0 Å². The molecule has 3 aliphatic rings. The number of amidine groups is 1. The van der Waals surface area contributed by atoms with Gasteiger partial charge in [-0.15, -0.1) is 11.8 Å². The van der Waals surface area contributed by atoms with Gasteiger partial charge >= 0.3 is 12.0 Å². The van der Waals surface area contributed by atoms with Crippen LogP contribution in [0.5, 0.6) is 0 Å². The first-order valence-corrected chi connectivity index (χ1v) is 10.3. The van der Waals surface area contributed by atoms with Crippen LogP contribution >= 0.6 is 11.8 Å². The first-order chi connectivity index (χ1) is 13.1. The van der Waals surface area contributed by atoms with E-state index in [9.17, 15) is 24.6 Å². The standard InChI is InChI=1S/C18H26N4O5S/c1-5-9-6-10(15(19)21(9)18(27)20-4)28-14-7(2)12-11(8(3)23)16(24)22(12)13(14)17(25)26/h7-12,19,23H,5-6H2,1-4H3,(H,20,27)(H,25,26)/t7-,8-,9+,10?,11-,12-/m1/s1. The minimum Gasteiger partial charge on any atom is -0.477 e. The van der Waals surface area contributed by atoms with Gasteiger partial charge in [0.05, 0.1) is 23.3 Å². The molecular weight excluding hydrogens is 384 g/mol. The third-order valence-corrected chi connectivity index (χ3v) is 7.42. The number of urea groups is 1. The maximum Gasteiger partial charge on any atom is 0.353 e. The lowest BCUT2D eigenvalue weighted by Gasteiger charge is -2.46. The zero-order chi connectivity index (χ0) is 20.9. The van der Waals surface area contributed by atoms with Gasteiger partial charge in [0.15, 0.2) is 0 Å². The number of nitrogens with one attached hydrogen (secondary N) is 2. The summed E-state index contributed by atoms with van der Waals surface area (Å²) in [7, 11) is 1.51. The normalized spacial score (nSPS) is 33.1. The molecule has 0 aromatic heterocycles. The molecule has 9 nitrogen and oxygen atoms in total. The van der Waals surface area contributed by atoms with E-state index < -0.39 is 18.0 Å². The number of hydrogen-bond acceptors (Lipinski definition) is 6. The molecule has 0 radical (unpaired) electrons. The molecular formula is C18H26N4O5S. The Bertz CT molecular complexity index is 767. The number of likely N-dealkylation sites (tertiary alicyclic amines) is 1. The van der Waals surface area contributed by atoms with Crippen molar-refractivity contribution in [3.05, 3.63) is 10.6 Å². The number of rotatable bonds is 5. The average Bonchev–Trinajstić information content (AvgIpc) is 3.07. The number of thioether (sulfide) groups is 1. The van der Waals surface area contributed by atoms with Gasteiger partial charge in [-0.05, 0) is 19.8 Å². The van der Waals surface area contributed by atoms with Crippen molar-refractivity contribution in [1.82, 2.24) is 15.1 Å². The van der Waals surface area contributed by atoms with Crippen molar-refractivity contribution >= 4 is 35.5 Å². The highest BCUT2D eigenvalue weighted by atomic mass is 32.2. The van der Waals surface area contributed by atoms with E-state index in [-0.39, 0.29) is 46.7 Å². The molecule has 154 valence electrons.